The van der Waals surface area contributed by atoms with Crippen LogP contribution < -0.4 is 15.4 Å². The molecule has 0 aromatic heterocycles. The van der Waals surface area contributed by atoms with Crippen LogP contribution in [0.4, 0.5) is 16.2 Å². The third-order valence-electron chi connectivity index (χ3n) is 4.23. The first-order chi connectivity index (χ1) is 11.4. The van der Waals surface area contributed by atoms with E-state index in [-0.39, 0.29) is 11.9 Å². The van der Waals surface area contributed by atoms with Gasteiger partial charge in [0.15, 0.2) is 0 Å². The van der Waals surface area contributed by atoms with Crippen LogP contribution >= 0.6 is 0 Å². The number of benzene rings is 1. The normalized spacial score (nSPS) is 17.0. The summed E-state index contributed by atoms with van der Waals surface area (Å²) in [5.41, 5.74) is 1.18. The summed E-state index contributed by atoms with van der Waals surface area (Å²) in [5.74, 6) is 0.453. The van der Waals surface area contributed by atoms with E-state index in [0.29, 0.717) is 36.1 Å². The summed E-state index contributed by atoms with van der Waals surface area (Å²) in [5, 5.41) is 5.67. The van der Waals surface area contributed by atoms with Crippen LogP contribution in [0.1, 0.15) is 19.8 Å². The summed E-state index contributed by atoms with van der Waals surface area (Å²) >= 11 is 0. The topological polar surface area (TPSA) is 73.9 Å². The molecule has 1 aliphatic rings. The fraction of sp³-hybridized carbons (Fsp3) is 0.529. The molecule has 7 heteroatoms. The Labute approximate surface area is 142 Å². The van der Waals surface area contributed by atoms with Crippen LogP contribution in [0.15, 0.2) is 18.2 Å². The average molecular weight is 334 g/mol. The average Bonchev–Trinajstić information content (AvgIpc) is 3.05. The smallest absolute Gasteiger partial charge is 0.321 e. The molecule has 0 spiro atoms. The number of nitrogens with zero attached hydrogens (tertiary/aromatic N) is 2. The fourth-order valence-electron chi connectivity index (χ4n) is 2.67. The predicted molar refractivity (Wildman–Crippen MR) is 94.6 cm³/mol. The fourth-order valence-corrected chi connectivity index (χ4v) is 2.67. The Kier molecular flexibility index (Phi) is 6.03. The van der Waals surface area contributed by atoms with Crippen LogP contribution in [0.2, 0.25) is 0 Å². The highest BCUT2D eigenvalue weighted by Gasteiger charge is 2.27. The molecule has 1 aliphatic heterocycles. The summed E-state index contributed by atoms with van der Waals surface area (Å²) in [4.78, 5) is 28.0. The highest BCUT2D eigenvalue weighted by Crippen LogP contribution is 2.28. The number of carbonyl (C=O) groups excluding carboxylic acids is 2. The van der Waals surface area contributed by atoms with Gasteiger partial charge >= 0.3 is 6.03 Å². The van der Waals surface area contributed by atoms with Crippen molar-refractivity contribution in [3.05, 3.63) is 18.2 Å². The second kappa shape index (κ2) is 8.01. The van der Waals surface area contributed by atoms with Crippen LogP contribution in [0, 0.1) is 0 Å². The van der Waals surface area contributed by atoms with Gasteiger partial charge in [0, 0.05) is 31.2 Å². The van der Waals surface area contributed by atoms with Gasteiger partial charge in [0.1, 0.15) is 5.75 Å². The van der Waals surface area contributed by atoms with Crippen molar-refractivity contribution in [3.63, 3.8) is 0 Å². The Bertz CT molecular complexity index is 603. The minimum absolute atomic E-state index is 0.106. The number of carbonyl (C=O) groups is 2. The third-order valence-corrected chi connectivity index (χ3v) is 4.23. The number of nitrogens with one attached hydrogen (secondary N) is 2. The van der Waals surface area contributed by atoms with E-state index in [1.807, 2.05) is 14.1 Å². The van der Waals surface area contributed by atoms with E-state index in [0.717, 1.165) is 13.0 Å². The van der Waals surface area contributed by atoms with E-state index in [1.165, 1.54) is 0 Å². The van der Waals surface area contributed by atoms with E-state index in [9.17, 15) is 9.59 Å². The summed E-state index contributed by atoms with van der Waals surface area (Å²) in [6, 6.07) is 5.47. The molecule has 1 saturated heterocycles. The van der Waals surface area contributed by atoms with Crippen molar-refractivity contribution in [2.45, 2.75) is 25.8 Å². The third kappa shape index (κ3) is 4.38. The molecule has 1 atom stereocenters. The Morgan fingerprint density at radius 3 is 2.67 bits per heavy atom. The molecule has 1 aromatic carbocycles. The van der Waals surface area contributed by atoms with E-state index in [4.69, 9.17) is 4.74 Å². The van der Waals surface area contributed by atoms with E-state index < -0.39 is 0 Å². The number of likely N-dealkylation sites (N-methyl/N-ethyl adjacent to an activating group) is 1. The summed E-state index contributed by atoms with van der Waals surface area (Å²) < 4.78 is 5.25. The van der Waals surface area contributed by atoms with Crippen molar-refractivity contribution >= 4 is 23.3 Å². The lowest BCUT2D eigenvalue weighted by Gasteiger charge is -2.21. The minimum Gasteiger partial charge on any atom is -0.495 e. The maximum atomic E-state index is 12.4. The van der Waals surface area contributed by atoms with Crippen molar-refractivity contribution in [1.29, 1.82) is 0 Å². The molecule has 24 heavy (non-hydrogen) atoms. The van der Waals surface area contributed by atoms with Gasteiger partial charge in [0.25, 0.3) is 0 Å². The molecule has 2 N–H and O–H groups in total. The van der Waals surface area contributed by atoms with Crippen molar-refractivity contribution in [2.24, 2.45) is 0 Å². The second-order valence-electron chi connectivity index (χ2n) is 6.10. The molecule has 0 radical (unpaired) electrons. The number of ether oxygens (including phenoxy) is 1. The van der Waals surface area contributed by atoms with E-state index in [1.54, 1.807) is 37.1 Å². The van der Waals surface area contributed by atoms with Crippen LogP contribution in [-0.4, -0.2) is 62.1 Å². The molecule has 3 amide bonds. The standard InChI is InChI=1S/C17H26N4O3/c1-5-16(22)19-14-10-12(6-7-15(14)24-4)18-17(23)21-9-8-13(11-21)20(2)3/h6-7,10,13H,5,8-9,11H2,1-4H3,(H,18,23)(H,19,22)/t13-/m1/s1. The molecule has 1 heterocycles. The number of urea groups is 1. The number of amides is 3. The van der Waals surface area contributed by atoms with Crippen LogP contribution in [0.3, 0.4) is 0 Å². The zero-order valence-electron chi connectivity index (χ0n) is 14.8. The molecule has 132 valence electrons. The first-order valence-electron chi connectivity index (χ1n) is 8.14. The molecule has 2 rings (SSSR count). The van der Waals surface area contributed by atoms with Crippen molar-refractivity contribution in [2.75, 3.05) is 44.9 Å². The molecule has 0 unspecified atom stereocenters. The highest BCUT2D eigenvalue weighted by atomic mass is 16.5. The van der Waals surface area contributed by atoms with Gasteiger partial charge in [0.05, 0.1) is 12.8 Å². The summed E-state index contributed by atoms with van der Waals surface area (Å²) in [6.45, 7) is 3.24. The van der Waals surface area contributed by atoms with Crippen LogP contribution in [0.5, 0.6) is 5.75 Å². The quantitative estimate of drug-likeness (QED) is 0.866. The largest absolute Gasteiger partial charge is 0.495 e. The molecule has 1 fully saturated rings. The summed E-state index contributed by atoms with van der Waals surface area (Å²) in [7, 11) is 5.59. The Hall–Kier alpha value is -2.28. The van der Waals surface area contributed by atoms with Gasteiger partial charge < -0.3 is 25.2 Å². The molecule has 0 aliphatic carbocycles. The van der Waals surface area contributed by atoms with E-state index in [2.05, 4.69) is 15.5 Å². The lowest BCUT2D eigenvalue weighted by molar-refractivity contribution is -0.115. The minimum atomic E-state index is -0.128. The van der Waals surface area contributed by atoms with Gasteiger partial charge in [-0.25, -0.2) is 4.79 Å². The van der Waals surface area contributed by atoms with Gasteiger partial charge in [-0.05, 0) is 38.7 Å². The molecule has 0 saturated carbocycles. The van der Waals surface area contributed by atoms with Gasteiger partial charge in [-0.2, -0.15) is 0 Å². The van der Waals surface area contributed by atoms with Gasteiger partial charge in [-0.1, -0.05) is 6.92 Å². The maximum Gasteiger partial charge on any atom is 0.321 e. The molecule has 7 nitrogen and oxygen atoms in total. The number of methoxy groups -OCH3 is 1. The van der Waals surface area contributed by atoms with Gasteiger partial charge in [0.2, 0.25) is 5.91 Å². The Morgan fingerprint density at radius 1 is 1.33 bits per heavy atom. The number of hydrogen-bond acceptors (Lipinski definition) is 4. The number of anilines is 2. The first kappa shape index (κ1) is 18.1. The monoisotopic (exact) mass is 334 g/mol. The van der Waals surface area contributed by atoms with Crippen molar-refractivity contribution < 1.29 is 14.3 Å². The van der Waals surface area contributed by atoms with Gasteiger partial charge in [-0.3, -0.25) is 4.79 Å². The van der Waals surface area contributed by atoms with Crippen molar-refractivity contribution in [1.82, 2.24) is 9.80 Å². The number of likely N-dealkylation sites (tertiary alicyclic amines) is 1. The van der Waals surface area contributed by atoms with Crippen LogP contribution in [-0.2, 0) is 4.79 Å². The number of rotatable bonds is 5. The lowest BCUT2D eigenvalue weighted by atomic mass is 10.2. The molecule has 0 bridgehead atoms. The predicted octanol–water partition coefficient (Wildman–Crippen LogP) is 2.21. The zero-order chi connectivity index (χ0) is 17.7. The SMILES string of the molecule is CCC(=O)Nc1cc(NC(=O)N2CC[C@@H](N(C)C)C2)ccc1OC. The highest BCUT2D eigenvalue weighted by molar-refractivity contribution is 5.95. The zero-order valence-corrected chi connectivity index (χ0v) is 14.8. The molecular weight excluding hydrogens is 308 g/mol. The molecule has 1 aromatic rings. The molecular formula is C17H26N4O3. The Morgan fingerprint density at radius 2 is 2.08 bits per heavy atom. The summed E-state index contributed by atoms with van der Waals surface area (Å²) in [6.07, 6.45) is 1.35. The lowest BCUT2D eigenvalue weighted by Crippen LogP contribution is -2.36. The van der Waals surface area contributed by atoms with Crippen LogP contribution in [0.25, 0.3) is 0 Å². The Balaban J connectivity index is 2.05. The number of hydrogen-bond donors (Lipinski definition) is 2. The van der Waals surface area contributed by atoms with Gasteiger partial charge in [-0.15, -0.1) is 0 Å². The van der Waals surface area contributed by atoms with E-state index >= 15 is 0 Å². The second-order valence-corrected chi connectivity index (χ2v) is 6.10. The first-order valence-corrected chi connectivity index (χ1v) is 8.14. The maximum absolute atomic E-state index is 12.4. The van der Waals surface area contributed by atoms with Crippen molar-refractivity contribution in [3.8, 4) is 5.75 Å².